The van der Waals surface area contributed by atoms with Gasteiger partial charge in [0.05, 0.1) is 6.04 Å². The van der Waals surface area contributed by atoms with E-state index in [4.69, 9.17) is 0 Å². The average Bonchev–Trinajstić information content (AvgIpc) is 2.01. The van der Waals surface area contributed by atoms with Gasteiger partial charge in [-0.1, -0.05) is 26.8 Å². The van der Waals surface area contributed by atoms with Crippen molar-refractivity contribution in [3.05, 3.63) is 11.6 Å². The first-order valence-corrected chi connectivity index (χ1v) is 5.32. The quantitative estimate of drug-likeness (QED) is 0.544. The van der Waals surface area contributed by atoms with Crippen molar-refractivity contribution in [3.63, 3.8) is 0 Å². The predicted molar refractivity (Wildman–Crippen MR) is 59.0 cm³/mol. The number of hydrogen-bond donors (Lipinski definition) is 0. The zero-order chi connectivity index (χ0) is 10.9. The number of amides is 1. The maximum Gasteiger partial charge on any atom is 0.219 e. The van der Waals surface area contributed by atoms with E-state index in [1.54, 1.807) is 6.92 Å². The Labute approximate surface area is 87.0 Å². The molecule has 0 bridgehead atoms. The van der Waals surface area contributed by atoms with Gasteiger partial charge in [-0.05, 0) is 24.3 Å². The number of carbonyl (C=O) groups excluding carboxylic acids is 1. The van der Waals surface area contributed by atoms with Gasteiger partial charge in [0.15, 0.2) is 0 Å². The van der Waals surface area contributed by atoms with Crippen LogP contribution in [0.25, 0.3) is 0 Å². The van der Waals surface area contributed by atoms with E-state index in [1.807, 2.05) is 4.90 Å². The molecule has 0 N–H and O–H groups in total. The molecule has 1 atom stereocenters. The number of hydrogen-bond acceptors (Lipinski definition) is 1. The summed E-state index contributed by atoms with van der Waals surface area (Å²) in [6, 6.07) is 0.265. The monoisotopic (exact) mass is 195 g/mol. The number of nitrogens with zero attached hydrogens (tertiary/aromatic N) is 1. The van der Waals surface area contributed by atoms with Gasteiger partial charge in [-0.3, -0.25) is 4.79 Å². The third kappa shape index (κ3) is 2.17. The van der Waals surface area contributed by atoms with Crippen molar-refractivity contribution in [2.45, 2.75) is 47.1 Å². The summed E-state index contributed by atoms with van der Waals surface area (Å²) in [5.74, 6) is 0.187. The Morgan fingerprint density at radius 1 is 1.50 bits per heavy atom. The van der Waals surface area contributed by atoms with Crippen LogP contribution >= 0.6 is 0 Å². The van der Waals surface area contributed by atoms with Crippen molar-refractivity contribution in [3.8, 4) is 0 Å². The molecule has 1 heterocycles. The molecule has 1 amide bonds. The first kappa shape index (κ1) is 11.3. The Morgan fingerprint density at radius 2 is 2.07 bits per heavy atom. The molecular formula is C12H21NO. The van der Waals surface area contributed by atoms with E-state index >= 15 is 0 Å². The normalized spacial score (nSPS) is 23.4. The molecule has 0 saturated carbocycles. The Morgan fingerprint density at radius 3 is 2.50 bits per heavy atom. The summed E-state index contributed by atoms with van der Waals surface area (Å²) >= 11 is 0. The molecule has 0 aliphatic carbocycles. The van der Waals surface area contributed by atoms with Crippen LogP contribution in [0.2, 0.25) is 0 Å². The second-order valence-electron chi connectivity index (χ2n) is 5.09. The van der Waals surface area contributed by atoms with Gasteiger partial charge in [-0.2, -0.15) is 0 Å². The molecule has 1 unspecified atom stereocenters. The topological polar surface area (TPSA) is 20.3 Å². The fraction of sp³-hybridized carbons (Fsp3) is 0.750. The van der Waals surface area contributed by atoms with Gasteiger partial charge >= 0.3 is 0 Å². The molecule has 0 radical (unpaired) electrons. The van der Waals surface area contributed by atoms with Gasteiger partial charge in [-0.25, -0.2) is 0 Å². The molecule has 80 valence electrons. The van der Waals surface area contributed by atoms with Crippen LogP contribution in [0.5, 0.6) is 0 Å². The molecular weight excluding hydrogens is 174 g/mol. The third-order valence-corrected chi connectivity index (χ3v) is 2.92. The predicted octanol–water partition coefficient (Wildman–Crippen LogP) is 2.60. The lowest BCUT2D eigenvalue weighted by molar-refractivity contribution is -0.130. The third-order valence-electron chi connectivity index (χ3n) is 2.92. The fourth-order valence-electron chi connectivity index (χ4n) is 2.25. The van der Waals surface area contributed by atoms with Crippen LogP contribution in [0.1, 0.15) is 41.0 Å². The summed E-state index contributed by atoms with van der Waals surface area (Å²) in [6.07, 6.45) is 3.29. The number of carbonyl (C=O) groups is 1. The molecule has 1 aliphatic rings. The van der Waals surface area contributed by atoms with Gasteiger partial charge in [-0.15, -0.1) is 0 Å². The maximum atomic E-state index is 11.4. The summed E-state index contributed by atoms with van der Waals surface area (Å²) in [5, 5.41) is 0. The molecule has 1 aliphatic heterocycles. The Bertz CT molecular complexity index is 260. The van der Waals surface area contributed by atoms with Crippen LogP contribution in [-0.2, 0) is 4.79 Å². The van der Waals surface area contributed by atoms with E-state index < -0.39 is 0 Å². The first-order valence-electron chi connectivity index (χ1n) is 5.32. The fourth-order valence-corrected chi connectivity index (χ4v) is 2.25. The van der Waals surface area contributed by atoms with Crippen molar-refractivity contribution < 1.29 is 4.79 Å². The Balaban J connectivity index is 2.90. The average molecular weight is 195 g/mol. The second-order valence-corrected chi connectivity index (χ2v) is 5.09. The van der Waals surface area contributed by atoms with E-state index in [1.165, 1.54) is 5.57 Å². The molecule has 14 heavy (non-hydrogen) atoms. The van der Waals surface area contributed by atoms with Crippen LogP contribution in [-0.4, -0.2) is 23.4 Å². The highest BCUT2D eigenvalue weighted by Gasteiger charge is 2.29. The Hall–Kier alpha value is -0.790. The minimum Gasteiger partial charge on any atom is -0.336 e. The standard InChI is InChI=1S/C12H21NO/c1-9-11(12(3,4)5)7-6-8-13(9)10(2)14/h7,9H,6,8H2,1-5H3. The molecule has 1 rings (SSSR count). The van der Waals surface area contributed by atoms with Crippen LogP contribution in [0.4, 0.5) is 0 Å². The van der Waals surface area contributed by atoms with Gasteiger partial charge in [0.2, 0.25) is 5.91 Å². The summed E-state index contributed by atoms with van der Waals surface area (Å²) in [6.45, 7) is 11.3. The van der Waals surface area contributed by atoms with Crippen molar-refractivity contribution >= 4 is 5.91 Å². The van der Waals surface area contributed by atoms with E-state index in [2.05, 4.69) is 33.8 Å². The van der Waals surface area contributed by atoms with Crippen molar-refractivity contribution in [2.24, 2.45) is 5.41 Å². The maximum absolute atomic E-state index is 11.4. The van der Waals surface area contributed by atoms with Crippen LogP contribution < -0.4 is 0 Å². The molecule has 0 saturated heterocycles. The van der Waals surface area contributed by atoms with Crippen molar-refractivity contribution in [1.82, 2.24) is 4.90 Å². The number of rotatable bonds is 0. The van der Waals surface area contributed by atoms with Gasteiger partial charge in [0.1, 0.15) is 0 Å². The minimum atomic E-state index is 0.174. The Kier molecular flexibility index (Phi) is 3.03. The first-order chi connectivity index (χ1) is 6.34. The highest BCUT2D eigenvalue weighted by molar-refractivity contribution is 5.74. The summed E-state index contributed by atoms with van der Waals surface area (Å²) in [7, 11) is 0. The molecule has 0 aromatic heterocycles. The minimum absolute atomic E-state index is 0.174. The lowest BCUT2D eigenvalue weighted by atomic mass is 9.80. The molecule has 2 heteroatoms. The largest absolute Gasteiger partial charge is 0.336 e. The SMILES string of the molecule is CC(=O)N1CCC=C(C(C)(C)C)C1C. The molecule has 0 fully saturated rings. The van der Waals surface area contributed by atoms with Crippen molar-refractivity contribution in [2.75, 3.05) is 6.54 Å². The smallest absolute Gasteiger partial charge is 0.219 e. The van der Waals surface area contributed by atoms with Gasteiger partial charge < -0.3 is 4.90 Å². The summed E-state index contributed by atoms with van der Waals surface area (Å²) in [5.41, 5.74) is 1.56. The van der Waals surface area contributed by atoms with Gasteiger partial charge in [0.25, 0.3) is 0 Å². The second kappa shape index (κ2) is 3.76. The highest BCUT2D eigenvalue weighted by atomic mass is 16.2. The van der Waals surface area contributed by atoms with E-state index in [0.29, 0.717) is 0 Å². The molecule has 0 aromatic carbocycles. The van der Waals surface area contributed by atoms with Crippen LogP contribution in [0.3, 0.4) is 0 Å². The molecule has 0 spiro atoms. The van der Waals surface area contributed by atoms with Crippen LogP contribution in [0.15, 0.2) is 11.6 Å². The summed E-state index contributed by atoms with van der Waals surface area (Å²) in [4.78, 5) is 13.3. The van der Waals surface area contributed by atoms with E-state index in [9.17, 15) is 4.79 Å². The van der Waals surface area contributed by atoms with Crippen molar-refractivity contribution in [1.29, 1.82) is 0 Å². The highest BCUT2D eigenvalue weighted by Crippen LogP contribution is 2.33. The molecule has 0 aromatic rings. The van der Waals surface area contributed by atoms with E-state index in [0.717, 1.165) is 13.0 Å². The lowest BCUT2D eigenvalue weighted by Gasteiger charge is -2.39. The summed E-state index contributed by atoms with van der Waals surface area (Å²) < 4.78 is 0. The van der Waals surface area contributed by atoms with E-state index in [-0.39, 0.29) is 17.4 Å². The van der Waals surface area contributed by atoms with Gasteiger partial charge in [0, 0.05) is 13.5 Å². The lowest BCUT2D eigenvalue weighted by Crippen LogP contribution is -2.43. The molecule has 2 nitrogen and oxygen atoms in total. The zero-order valence-electron chi connectivity index (χ0n) is 9.92. The zero-order valence-corrected chi connectivity index (χ0v) is 9.92. The van der Waals surface area contributed by atoms with Crippen LogP contribution in [0, 0.1) is 5.41 Å².